The summed E-state index contributed by atoms with van der Waals surface area (Å²) in [6, 6.07) is 8.53. The Balaban J connectivity index is 2.09. The number of sulfonamides is 1. The molecular formula is C18H26N2O6S. The molecule has 1 unspecified atom stereocenters. The van der Waals surface area contributed by atoms with Gasteiger partial charge in [0.15, 0.2) is 0 Å². The van der Waals surface area contributed by atoms with Crippen LogP contribution in [0.5, 0.6) is 0 Å². The summed E-state index contributed by atoms with van der Waals surface area (Å²) in [5.74, 6) is -0.769. The monoisotopic (exact) mass is 398 g/mol. The van der Waals surface area contributed by atoms with Gasteiger partial charge in [0.25, 0.3) is 5.91 Å². The van der Waals surface area contributed by atoms with Crippen molar-refractivity contribution in [1.82, 2.24) is 9.62 Å². The van der Waals surface area contributed by atoms with Crippen LogP contribution in [0.3, 0.4) is 0 Å². The van der Waals surface area contributed by atoms with Gasteiger partial charge in [-0.2, -0.15) is 0 Å². The van der Waals surface area contributed by atoms with Gasteiger partial charge in [0.05, 0.1) is 25.5 Å². The van der Waals surface area contributed by atoms with Crippen molar-refractivity contribution in [3.63, 3.8) is 0 Å². The molecule has 0 radical (unpaired) electrons. The lowest BCUT2D eigenvalue weighted by atomic mass is 10.2. The fourth-order valence-corrected chi connectivity index (χ4v) is 3.23. The first-order valence-electron chi connectivity index (χ1n) is 8.61. The predicted molar refractivity (Wildman–Crippen MR) is 99.4 cm³/mol. The number of carbonyl (C=O) groups excluding carboxylic acids is 2. The summed E-state index contributed by atoms with van der Waals surface area (Å²) in [7, 11) is -3.74. The largest absolute Gasteiger partial charge is 0.444 e. The van der Waals surface area contributed by atoms with Crippen molar-refractivity contribution in [2.45, 2.75) is 51.5 Å². The summed E-state index contributed by atoms with van der Waals surface area (Å²) in [6.07, 6.45) is -0.0101. The van der Waals surface area contributed by atoms with Crippen LogP contribution in [0.25, 0.3) is 0 Å². The van der Waals surface area contributed by atoms with E-state index in [-0.39, 0.29) is 13.0 Å². The van der Waals surface area contributed by atoms with E-state index in [0.717, 1.165) is 11.8 Å². The molecule has 1 aromatic carbocycles. The van der Waals surface area contributed by atoms with Crippen LogP contribution in [0.15, 0.2) is 30.3 Å². The van der Waals surface area contributed by atoms with Gasteiger partial charge in [-0.3, -0.25) is 14.4 Å². The first-order chi connectivity index (χ1) is 12.4. The molecule has 2 atom stereocenters. The van der Waals surface area contributed by atoms with Gasteiger partial charge in [0, 0.05) is 6.42 Å². The second-order valence-corrected chi connectivity index (χ2v) is 9.29. The standard InChI is InChI=1S/C18H26N2O6S/c1-18(2,3)26-17(22)20-11-14(25-12-13-8-6-5-7-9-13)10-15(20)16(21)19-27(4,23)24/h5-9,14-15H,10-12H2,1-4H3,(H,19,21)/t14?,15-/m0/s1. The zero-order valence-corrected chi connectivity index (χ0v) is 16.8. The van der Waals surface area contributed by atoms with E-state index in [1.807, 2.05) is 35.1 Å². The summed E-state index contributed by atoms with van der Waals surface area (Å²) in [4.78, 5) is 26.1. The van der Waals surface area contributed by atoms with Crippen LogP contribution in [0, 0.1) is 0 Å². The maximum atomic E-state index is 12.5. The van der Waals surface area contributed by atoms with Crippen LogP contribution >= 0.6 is 0 Å². The number of hydrogen-bond acceptors (Lipinski definition) is 6. The Labute approximate surface area is 159 Å². The van der Waals surface area contributed by atoms with Crippen LogP contribution in [0.4, 0.5) is 4.79 Å². The van der Waals surface area contributed by atoms with Crippen molar-refractivity contribution >= 4 is 22.0 Å². The van der Waals surface area contributed by atoms with Gasteiger partial charge in [-0.1, -0.05) is 30.3 Å². The lowest BCUT2D eigenvalue weighted by Crippen LogP contribution is -2.48. The van der Waals surface area contributed by atoms with Crippen LogP contribution in [0.1, 0.15) is 32.8 Å². The van der Waals surface area contributed by atoms with Gasteiger partial charge in [-0.15, -0.1) is 0 Å². The van der Waals surface area contributed by atoms with Crippen molar-refractivity contribution in [1.29, 1.82) is 0 Å². The molecule has 1 N–H and O–H groups in total. The molecule has 0 saturated carbocycles. The zero-order chi connectivity index (χ0) is 20.2. The third kappa shape index (κ3) is 6.84. The summed E-state index contributed by atoms with van der Waals surface area (Å²) >= 11 is 0. The van der Waals surface area contributed by atoms with E-state index in [1.54, 1.807) is 20.8 Å². The maximum Gasteiger partial charge on any atom is 0.411 e. The van der Waals surface area contributed by atoms with Gasteiger partial charge >= 0.3 is 6.09 Å². The highest BCUT2D eigenvalue weighted by Gasteiger charge is 2.42. The summed E-state index contributed by atoms with van der Waals surface area (Å²) in [6.45, 7) is 5.62. The van der Waals surface area contributed by atoms with Crippen molar-refractivity contribution < 1.29 is 27.5 Å². The minimum absolute atomic E-state index is 0.142. The number of likely N-dealkylation sites (tertiary alicyclic amines) is 1. The van der Waals surface area contributed by atoms with E-state index >= 15 is 0 Å². The van der Waals surface area contributed by atoms with Crippen molar-refractivity contribution in [3.8, 4) is 0 Å². The molecule has 1 aliphatic heterocycles. The van der Waals surface area contributed by atoms with Gasteiger partial charge in [-0.05, 0) is 26.3 Å². The summed E-state index contributed by atoms with van der Waals surface area (Å²) in [5.41, 5.74) is 0.225. The van der Waals surface area contributed by atoms with Crippen molar-refractivity contribution in [3.05, 3.63) is 35.9 Å². The normalized spacial score (nSPS) is 20.4. The number of carbonyl (C=O) groups is 2. The number of amides is 2. The molecule has 0 spiro atoms. The van der Waals surface area contributed by atoms with E-state index in [1.165, 1.54) is 4.90 Å². The second kappa shape index (κ2) is 8.26. The fraction of sp³-hybridized carbons (Fsp3) is 0.556. The third-order valence-electron chi connectivity index (χ3n) is 3.81. The molecule has 0 aromatic heterocycles. The molecule has 1 aromatic rings. The lowest BCUT2D eigenvalue weighted by Gasteiger charge is -2.27. The first-order valence-corrected chi connectivity index (χ1v) is 10.5. The van der Waals surface area contributed by atoms with Gasteiger partial charge in [0.2, 0.25) is 10.0 Å². The number of rotatable bonds is 5. The van der Waals surface area contributed by atoms with E-state index in [2.05, 4.69) is 0 Å². The minimum Gasteiger partial charge on any atom is -0.444 e. The van der Waals surface area contributed by atoms with E-state index in [0.29, 0.717) is 6.61 Å². The van der Waals surface area contributed by atoms with Crippen molar-refractivity contribution in [2.24, 2.45) is 0 Å². The first kappa shape index (κ1) is 21.2. The van der Waals surface area contributed by atoms with Crippen LogP contribution < -0.4 is 4.72 Å². The molecule has 9 heteroatoms. The number of ether oxygens (including phenoxy) is 2. The Hall–Kier alpha value is -2.13. The molecule has 1 fully saturated rings. The Morgan fingerprint density at radius 3 is 2.41 bits per heavy atom. The summed E-state index contributed by atoms with van der Waals surface area (Å²) < 4.78 is 35.9. The molecule has 0 bridgehead atoms. The number of benzene rings is 1. The van der Waals surface area contributed by atoms with E-state index in [4.69, 9.17) is 9.47 Å². The molecule has 1 aliphatic rings. The Bertz CT molecular complexity index is 773. The number of nitrogens with zero attached hydrogens (tertiary/aromatic N) is 1. The SMILES string of the molecule is CC(C)(C)OC(=O)N1CC(OCc2ccccc2)C[C@H]1C(=O)NS(C)(=O)=O. The smallest absolute Gasteiger partial charge is 0.411 e. The van der Waals surface area contributed by atoms with Crippen LogP contribution in [-0.2, 0) is 30.9 Å². The minimum atomic E-state index is -3.74. The highest BCUT2D eigenvalue weighted by Crippen LogP contribution is 2.24. The highest BCUT2D eigenvalue weighted by molar-refractivity contribution is 7.89. The molecule has 2 amide bonds. The zero-order valence-electron chi connectivity index (χ0n) is 16.0. The lowest BCUT2D eigenvalue weighted by molar-refractivity contribution is -0.123. The average Bonchev–Trinajstić information content (AvgIpc) is 2.95. The Kier molecular flexibility index (Phi) is 6.48. The quantitative estimate of drug-likeness (QED) is 0.809. The molecule has 1 heterocycles. The molecule has 1 saturated heterocycles. The van der Waals surface area contributed by atoms with Gasteiger partial charge in [-0.25, -0.2) is 13.2 Å². The van der Waals surface area contributed by atoms with Crippen molar-refractivity contribution in [2.75, 3.05) is 12.8 Å². The van der Waals surface area contributed by atoms with E-state index < -0.39 is 39.8 Å². The summed E-state index contributed by atoms with van der Waals surface area (Å²) in [5, 5.41) is 0. The topological polar surface area (TPSA) is 102 Å². The van der Waals surface area contributed by atoms with Gasteiger partial charge in [0.1, 0.15) is 11.6 Å². The molecule has 2 rings (SSSR count). The number of nitrogens with one attached hydrogen (secondary N) is 1. The Morgan fingerprint density at radius 2 is 1.85 bits per heavy atom. The Morgan fingerprint density at radius 1 is 1.22 bits per heavy atom. The van der Waals surface area contributed by atoms with E-state index in [9.17, 15) is 18.0 Å². The van der Waals surface area contributed by atoms with Crippen LogP contribution in [0.2, 0.25) is 0 Å². The fourth-order valence-electron chi connectivity index (χ4n) is 2.73. The predicted octanol–water partition coefficient (Wildman–Crippen LogP) is 1.66. The van der Waals surface area contributed by atoms with Crippen LogP contribution in [-0.4, -0.2) is 55.9 Å². The molecule has 0 aliphatic carbocycles. The third-order valence-corrected chi connectivity index (χ3v) is 4.38. The van der Waals surface area contributed by atoms with Gasteiger partial charge < -0.3 is 9.47 Å². The molecular weight excluding hydrogens is 372 g/mol. The number of hydrogen-bond donors (Lipinski definition) is 1. The maximum absolute atomic E-state index is 12.5. The molecule has 150 valence electrons. The molecule has 8 nitrogen and oxygen atoms in total. The molecule has 27 heavy (non-hydrogen) atoms. The second-order valence-electron chi connectivity index (χ2n) is 7.54. The average molecular weight is 398 g/mol. The highest BCUT2D eigenvalue weighted by atomic mass is 32.2.